The lowest BCUT2D eigenvalue weighted by Crippen LogP contribution is -2.36. The Hall–Kier alpha value is -3.23. The molecule has 1 heterocycles. The smallest absolute Gasteiger partial charge is 0.130 e. The van der Waals surface area contributed by atoms with Crippen molar-refractivity contribution in [1.29, 1.82) is 0 Å². The summed E-state index contributed by atoms with van der Waals surface area (Å²) in [5.41, 5.74) is 7.28. The molecule has 0 N–H and O–H groups in total. The number of fused-ring (bicyclic) bond motifs is 5. The highest BCUT2D eigenvalue weighted by Gasteiger charge is 2.19. The van der Waals surface area contributed by atoms with Gasteiger partial charge in [-0.3, -0.25) is 4.98 Å². The Morgan fingerprint density at radius 2 is 1.41 bits per heavy atom. The lowest BCUT2D eigenvalue weighted by Gasteiger charge is -2.21. The van der Waals surface area contributed by atoms with Crippen molar-refractivity contribution in [3.63, 3.8) is 0 Å². The molecule has 2 aliphatic rings. The summed E-state index contributed by atoms with van der Waals surface area (Å²) in [6.07, 6.45) is 9.90. The molecule has 0 fully saturated rings. The number of hydrogen-bond acceptors (Lipinski definition) is 1. The fraction of sp³-hybridized carbons (Fsp3) is 0.138. The third-order valence-electron chi connectivity index (χ3n) is 6.11. The van der Waals surface area contributed by atoms with Gasteiger partial charge in [-0.2, -0.15) is 0 Å². The molecule has 0 atom stereocenters. The van der Waals surface area contributed by atoms with Gasteiger partial charge >= 0.3 is 0 Å². The second kappa shape index (κ2) is 9.93. The molecule has 0 radical (unpaired) electrons. The fourth-order valence-electron chi connectivity index (χ4n) is 4.72. The SMILES string of the molecule is Cl.Fc1ccccc1C1=c2c(ccc3c2=CCc2ccccc2-3)CCC1.c1ccncc1. The molecule has 2 aliphatic carbocycles. The van der Waals surface area contributed by atoms with Gasteiger partial charge in [0.05, 0.1) is 0 Å². The van der Waals surface area contributed by atoms with Crippen LogP contribution in [0.2, 0.25) is 0 Å². The predicted molar refractivity (Wildman–Crippen MR) is 133 cm³/mol. The largest absolute Gasteiger partial charge is 0.265 e. The first-order chi connectivity index (χ1) is 15.3. The number of hydrogen-bond donors (Lipinski definition) is 0. The standard InChI is InChI=1S/C24H19F.C5H5N.ClH/c25-23-11-4-3-9-20(23)21-10-5-7-17-13-14-19-18-8-2-1-6-16(18)12-15-22(19)24(17)21;1-2-4-6-5-3-1;/h1-4,6,8-9,11,13-15H,5,7,10,12H2;1-5H;1H. The van der Waals surface area contributed by atoms with E-state index in [1.165, 1.54) is 38.3 Å². The number of aryl methyl sites for hydroxylation is 1. The highest BCUT2D eigenvalue weighted by Crippen LogP contribution is 2.28. The van der Waals surface area contributed by atoms with Gasteiger partial charge < -0.3 is 0 Å². The molecular weight excluding hydrogens is 417 g/mol. The van der Waals surface area contributed by atoms with Gasteiger partial charge in [-0.25, -0.2) is 4.39 Å². The first-order valence-corrected chi connectivity index (χ1v) is 10.9. The maximum Gasteiger partial charge on any atom is 0.130 e. The van der Waals surface area contributed by atoms with Crippen LogP contribution >= 0.6 is 12.4 Å². The minimum Gasteiger partial charge on any atom is -0.265 e. The summed E-state index contributed by atoms with van der Waals surface area (Å²) >= 11 is 0. The Balaban J connectivity index is 0.000000306. The monoisotopic (exact) mass is 441 g/mol. The molecule has 0 amide bonds. The first-order valence-electron chi connectivity index (χ1n) is 10.9. The molecule has 4 aromatic rings. The third-order valence-corrected chi connectivity index (χ3v) is 6.11. The average Bonchev–Trinajstić information content (AvgIpc) is 2.85. The summed E-state index contributed by atoms with van der Waals surface area (Å²) in [4.78, 5) is 3.78. The van der Waals surface area contributed by atoms with Crippen LogP contribution in [-0.2, 0) is 12.8 Å². The second-order valence-corrected chi connectivity index (χ2v) is 7.96. The molecule has 6 rings (SSSR count). The van der Waals surface area contributed by atoms with Crippen molar-refractivity contribution < 1.29 is 4.39 Å². The summed E-state index contributed by atoms with van der Waals surface area (Å²) in [6.45, 7) is 0. The zero-order valence-corrected chi connectivity index (χ0v) is 18.6. The van der Waals surface area contributed by atoms with E-state index in [4.69, 9.17) is 0 Å². The lowest BCUT2D eigenvalue weighted by atomic mass is 9.83. The van der Waals surface area contributed by atoms with Crippen molar-refractivity contribution in [2.45, 2.75) is 25.7 Å². The number of aromatic nitrogens is 1. The van der Waals surface area contributed by atoms with Crippen LogP contribution in [0.25, 0.3) is 22.8 Å². The van der Waals surface area contributed by atoms with Crippen molar-refractivity contribution in [1.82, 2.24) is 4.98 Å². The van der Waals surface area contributed by atoms with Crippen molar-refractivity contribution >= 4 is 24.1 Å². The molecule has 3 heteroatoms. The summed E-state index contributed by atoms with van der Waals surface area (Å²) in [5.74, 6) is -0.112. The van der Waals surface area contributed by atoms with Crippen molar-refractivity contribution in [3.05, 3.63) is 124 Å². The molecular formula is C29H25ClFN. The van der Waals surface area contributed by atoms with Gasteiger partial charge in [-0.1, -0.05) is 66.7 Å². The van der Waals surface area contributed by atoms with Gasteiger partial charge in [0.2, 0.25) is 0 Å². The van der Waals surface area contributed by atoms with E-state index in [1.54, 1.807) is 24.5 Å². The van der Waals surface area contributed by atoms with Gasteiger partial charge in [-0.05, 0) is 82.1 Å². The predicted octanol–water partition coefficient (Wildman–Crippen LogP) is 5.87. The van der Waals surface area contributed by atoms with E-state index in [1.807, 2.05) is 30.3 Å². The number of benzene rings is 3. The van der Waals surface area contributed by atoms with Gasteiger partial charge in [0.25, 0.3) is 0 Å². The zero-order valence-electron chi connectivity index (χ0n) is 17.8. The summed E-state index contributed by atoms with van der Waals surface area (Å²) in [5, 5.41) is 2.58. The number of halogens is 2. The average molecular weight is 442 g/mol. The molecule has 0 bridgehead atoms. The molecule has 0 saturated carbocycles. The van der Waals surface area contributed by atoms with E-state index in [2.05, 4.69) is 47.5 Å². The molecule has 0 saturated heterocycles. The van der Waals surface area contributed by atoms with Crippen molar-refractivity contribution in [2.75, 3.05) is 0 Å². The Morgan fingerprint density at radius 1 is 0.656 bits per heavy atom. The Morgan fingerprint density at radius 3 is 2.12 bits per heavy atom. The van der Waals surface area contributed by atoms with Crippen LogP contribution in [0.15, 0.2) is 91.3 Å². The molecule has 160 valence electrons. The molecule has 1 nitrogen and oxygen atoms in total. The molecule has 0 aliphatic heterocycles. The normalized spacial score (nSPS) is 13.2. The van der Waals surface area contributed by atoms with E-state index >= 15 is 0 Å². The highest BCUT2D eigenvalue weighted by molar-refractivity contribution is 5.85. The number of rotatable bonds is 1. The van der Waals surface area contributed by atoms with Crippen LogP contribution in [0.3, 0.4) is 0 Å². The quantitative estimate of drug-likeness (QED) is 0.360. The van der Waals surface area contributed by atoms with Gasteiger partial charge in [0.1, 0.15) is 5.82 Å². The highest BCUT2D eigenvalue weighted by atomic mass is 35.5. The van der Waals surface area contributed by atoms with Gasteiger partial charge in [0.15, 0.2) is 0 Å². The van der Waals surface area contributed by atoms with E-state index in [0.29, 0.717) is 0 Å². The maximum atomic E-state index is 14.5. The van der Waals surface area contributed by atoms with E-state index < -0.39 is 0 Å². The minimum absolute atomic E-state index is 0. The van der Waals surface area contributed by atoms with Crippen LogP contribution in [0, 0.1) is 5.82 Å². The Kier molecular flexibility index (Phi) is 6.82. The molecule has 0 spiro atoms. The topological polar surface area (TPSA) is 12.9 Å². The molecule has 3 aromatic carbocycles. The van der Waals surface area contributed by atoms with Gasteiger partial charge in [0, 0.05) is 18.0 Å². The third kappa shape index (κ3) is 4.24. The fourth-order valence-corrected chi connectivity index (χ4v) is 4.72. The van der Waals surface area contributed by atoms with Crippen LogP contribution in [-0.4, -0.2) is 4.98 Å². The molecule has 1 aromatic heterocycles. The molecule has 0 unspecified atom stereocenters. The van der Waals surface area contributed by atoms with Crippen LogP contribution in [0.5, 0.6) is 0 Å². The minimum atomic E-state index is -0.112. The lowest BCUT2D eigenvalue weighted by molar-refractivity contribution is 0.621. The number of nitrogens with zero attached hydrogens (tertiary/aromatic N) is 1. The van der Waals surface area contributed by atoms with Crippen LogP contribution in [0.1, 0.15) is 29.5 Å². The van der Waals surface area contributed by atoms with Crippen LogP contribution in [0.4, 0.5) is 4.39 Å². The number of pyridine rings is 1. The second-order valence-electron chi connectivity index (χ2n) is 7.96. The summed E-state index contributed by atoms with van der Waals surface area (Å²) in [6, 6.07) is 26.1. The van der Waals surface area contributed by atoms with E-state index in [0.717, 1.165) is 31.2 Å². The maximum absolute atomic E-state index is 14.5. The van der Waals surface area contributed by atoms with E-state index in [-0.39, 0.29) is 18.2 Å². The molecule has 32 heavy (non-hydrogen) atoms. The summed E-state index contributed by atoms with van der Waals surface area (Å²) < 4.78 is 14.5. The Labute approximate surface area is 194 Å². The first kappa shape index (κ1) is 22.0. The van der Waals surface area contributed by atoms with E-state index in [9.17, 15) is 4.39 Å². The Bertz CT molecular complexity index is 1320. The van der Waals surface area contributed by atoms with Crippen LogP contribution < -0.4 is 10.4 Å². The zero-order chi connectivity index (χ0) is 21.0. The van der Waals surface area contributed by atoms with Crippen molar-refractivity contribution in [3.8, 4) is 11.1 Å². The van der Waals surface area contributed by atoms with Gasteiger partial charge in [-0.15, -0.1) is 12.4 Å². The summed E-state index contributed by atoms with van der Waals surface area (Å²) in [7, 11) is 0. The van der Waals surface area contributed by atoms with Crippen molar-refractivity contribution in [2.24, 2.45) is 0 Å².